The van der Waals surface area contributed by atoms with Crippen LogP contribution in [0.5, 0.6) is 0 Å². The van der Waals surface area contributed by atoms with Gasteiger partial charge in [-0.3, -0.25) is 9.59 Å². The molecule has 1 aliphatic carbocycles. The number of rotatable bonds is 4. The highest BCUT2D eigenvalue weighted by Gasteiger charge is 2.48. The van der Waals surface area contributed by atoms with Crippen LogP contribution in [0.15, 0.2) is 42.5 Å². The summed E-state index contributed by atoms with van der Waals surface area (Å²) in [7, 11) is 0. The molecular weight excluding hydrogens is 370 g/mol. The molecule has 1 aliphatic heterocycles. The largest absolute Gasteiger partial charge is 0.388 e. The summed E-state index contributed by atoms with van der Waals surface area (Å²) in [6, 6.07) is 13.9. The van der Waals surface area contributed by atoms with Gasteiger partial charge in [0, 0.05) is 18.7 Å². The number of nitrogens with zero attached hydrogens (tertiary/aromatic N) is 1. The van der Waals surface area contributed by atoms with Crippen molar-refractivity contribution in [3.63, 3.8) is 0 Å². The van der Waals surface area contributed by atoms with E-state index in [2.05, 4.69) is 19.1 Å². The second-order valence-corrected chi connectivity index (χ2v) is 7.93. The summed E-state index contributed by atoms with van der Waals surface area (Å²) in [4.78, 5) is 27.1. The van der Waals surface area contributed by atoms with Gasteiger partial charge >= 0.3 is 0 Å². The maximum Gasteiger partial charge on any atom is 0.229 e. The van der Waals surface area contributed by atoms with E-state index in [1.54, 1.807) is 6.07 Å². The minimum absolute atomic E-state index is 0. The first kappa shape index (κ1) is 20.6. The average Bonchev–Trinajstić information content (AvgIpc) is 2.98. The van der Waals surface area contributed by atoms with E-state index in [-0.39, 0.29) is 30.6 Å². The first-order chi connectivity index (χ1) is 13.0. The third kappa shape index (κ3) is 3.61. The average molecular weight is 398 g/mol. The number of amides is 1. The minimum Gasteiger partial charge on any atom is -0.388 e. The molecule has 2 aromatic rings. The van der Waals surface area contributed by atoms with Crippen LogP contribution in [0.25, 0.3) is 0 Å². The minimum atomic E-state index is -0.479. The standard InChI is InChI=1S/C23H25NO3.H2S/c1-16-4-2-3-5-19(16)14-24-11-10-23(22(24)27)9-8-17-6-7-18(21(26)15-25)12-20(17)13-23;/h2-7,12,25H,8-11,13-15H2,1H3;1H2/t23-;/m1./s1. The molecule has 5 heteroatoms. The van der Waals surface area contributed by atoms with Crippen LogP contribution in [-0.2, 0) is 24.2 Å². The molecule has 1 atom stereocenters. The predicted molar refractivity (Wildman–Crippen MR) is 114 cm³/mol. The Kier molecular flexibility index (Phi) is 5.96. The number of Topliss-reactive ketones (excluding diaryl/α,β-unsaturated/α-hetero) is 1. The van der Waals surface area contributed by atoms with Crippen molar-refractivity contribution in [3.05, 3.63) is 70.3 Å². The molecule has 28 heavy (non-hydrogen) atoms. The Morgan fingerprint density at radius 3 is 2.68 bits per heavy atom. The van der Waals surface area contributed by atoms with E-state index in [4.69, 9.17) is 5.11 Å². The van der Waals surface area contributed by atoms with Gasteiger partial charge in [0.15, 0.2) is 5.78 Å². The first-order valence-electron chi connectivity index (χ1n) is 9.62. The Labute approximate surface area is 173 Å². The fraction of sp³-hybridized carbons (Fsp3) is 0.391. The zero-order valence-corrected chi connectivity index (χ0v) is 17.2. The van der Waals surface area contributed by atoms with Crippen molar-refractivity contribution >= 4 is 25.2 Å². The molecule has 0 radical (unpaired) electrons. The number of carbonyl (C=O) groups is 2. The van der Waals surface area contributed by atoms with Crippen molar-refractivity contribution < 1.29 is 14.7 Å². The van der Waals surface area contributed by atoms with Gasteiger partial charge in [-0.1, -0.05) is 36.4 Å². The zero-order chi connectivity index (χ0) is 19.0. The van der Waals surface area contributed by atoms with Gasteiger partial charge in [-0.2, -0.15) is 13.5 Å². The van der Waals surface area contributed by atoms with Crippen LogP contribution in [0.2, 0.25) is 0 Å². The van der Waals surface area contributed by atoms with E-state index in [1.165, 1.54) is 16.7 Å². The third-order valence-electron chi connectivity index (χ3n) is 6.30. The Morgan fingerprint density at radius 1 is 1.14 bits per heavy atom. The number of aliphatic hydroxyl groups excluding tert-OH is 1. The Bertz CT molecular complexity index is 910. The number of aliphatic hydroxyl groups is 1. The molecule has 4 rings (SSSR count). The zero-order valence-electron chi connectivity index (χ0n) is 16.2. The number of benzene rings is 2. The van der Waals surface area contributed by atoms with Crippen molar-refractivity contribution in [1.29, 1.82) is 0 Å². The molecule has 1 N–H and O–H groups in total. The Balaban J connectivity index is 0.00000225. The van der Waals surface area contributed by atoms with Crippen LogP contribution >= 0.6 is 13.5 Å². The third-order valence-corrected chi connectivity index (χ3v) is 6.30. The molecule has 2 aliphatic rings. The van der Waals surface area contributed by atoms with Crippen LogP contribution in [-0.4, -0.2) is 34.8 Å². The van der Waals surface area contributed by atoms with Gasteiger partial charge in [0.25, 0.3) is 0 Å². The summed E-state index contributed by atoms with van der Waals surface area (Å²) >= 11 is 0. The van der Waals surface area contributed by atoms with Crippen molar-refractivity contribution in [2.24, 2.45) is 5.41 Å². The van der Waals surface area contributed by atoms with E-state index < -0.39 is 6.61 Å². The van der Waals surface area contributed by atoms with Crippen molar-refractivity contribution in [2.45, 2.75) is 39.2 Å². The quantitative estimate of drug-likeness (QED) is 0.806. The lowest BCUT2D eigenvalue weighted by Crippen LogP contribution is -2.38. The second kappa shape index (κ2) is 8.10. The lowest BCUT2D eigenvalue weighted by molar-refractivity contribution is -0.137. The lowest BCUT2D eigenvalue weighted by Gasteiger charge is -2.33. The fourth-order valence-electron chi connectivity index (χ4n) is 4.56. The van der Waals surface area contributed by atoms with E-state index in [1.807, 2.05) is 29.2 Å². The number of fused-ring (bicyclic) bond motifs is 1. The summed E-state index contributed by atoms with van der Waals surface area (Å²) in [6.45, 7) is 3.07. The number of carbonyl (C=O) groups excluding carboxylic acids is 2. The number of likely N-dealkylation sites (tertiary alicyclic amines) is 1. The van der Waals surface area contributed by atoms with Gasteiger partial charge in [-0.15, -0.1) is 0 Å². The van der Waals surface area contributed by atoms with Crippen LogP contribution in [0.3, 0.4) is 0 Å². The molecule has 148 valence electrons. The van der Waals surface area contributed by atoms with Gasteiger partial charge in [0.1, 0.15) is 6.61 Å². The van der Waals surface area contributed by atoms with Gasteiger partial charge < -0.3 is 10.0 Å². The van der Waals surface area contributed by atoms with Crippen LogP contribution < -0.4 is 0 Å². The van der Waals surface area contributed by atoms with E-state index >= 15 is 0 Å². The van der Waals surface area contributed by atoms with E-state index in [0.717, 1.165) is 31.4 Å². The molecule has 1 spiro atoms. The van der Waals surface area contributed by atoms with Crippen LogP contribution in [0, 0.1) is 12.3 Å². The van der Waals surface area contributed by atoms with Crippen LogP contribution in [0.4, 0.5) is 0 Å². The van der Waals surface area contributed by atoms with Crippen molar-refractivity contribution in [1.82, 2.24) is 4.90 Å². The molecule has 0 bridgehead atoms. The fourth-order valence-corrected chi connectivity index (χ4v) is 4.56. The number of hydrogen-bond acceptors (Lipinski definition) is 3. The molecule has 4 nitrogen and oxygen atoms in total. The maximum atomic E-state index is 13.3. The highest BCUT2D eigenvalue weighted by atomic mass is 32.1. The highest BCUT2D eigenvalue weighted by Crippen LogP contribution is 2.44. The monoisotopic (exact) mass is 397 g/mol. The number of aryl methyl sites for hydroxylation is 2. The number of ketones is 1. The summed E-state index contributed by atoms with van der Waals surface area (Å²) in [6.07, 6.45) is 3.30. The van der Waals surface area contributed by atoms with Crippen LogP contribution in [0.1, 0.15) is 45.5 Å². The molecule has 0 unspecified atom stereocenters. The topological polar surface area (TPSA) is 57.6 Å². The highest BCUT2D eigenvalue weighted by molar-refractivity contribution is 7.59. The molecule has 0 saturated carbocycles. The smallest absolute Gasteiger partial charge is 0.229 e. The summed E-state index contributed by atoms with van der Waals surface area (Å²) in [5.41, 5.74) is 4.93. The van der Waals surface area contributed by atoms with E-state index in [9.17, 15) is 9.59 Å². The molecule has 2 aromatic carbocycles. The Morgan fingerprint density at radius 2 is 1.93 bits per heavy atom. The van der Waals surface area contributed by atoms with Gasteiger partial charge in [-0.25, -0.2) is 0 Å². The summed E-state index contributed by atoms with van der Waals surface area (Å²) < 4.78 is 0. The Hall–Kier alpha value is -2.11. The first-order valence-corrected chi connectivity index (χ1v) is 9.62. The normalized spacial score (nSPS) is 20.8. The SMILES string of the molecule is Cc1ccccc1CN1CC[C@@]2(CCc3ccc(C(=O)CO)cc3C2)C1=O.S. The van der Waals surface area contributed by atoms with Crippen molar-refractivity contribution in [2.75, 3.05) is 13.2 Å². The second-order valence-electron chi connectivity index (χ2n) is 7.93. The summed E-state index contributed by atoms with van der Waals surface area (Å²) in [5.74, 6) is -0.0216. The molecule has 1 fully saturated rings. The van der Waals surface area contributed by atoms with Gasteiger partial charge in [-0.05, 0) is 60.9 Å². The molecule has 1 amide bonds. The molecule has 1 heterocycles. The number of hydrogen-bond donors (Lipinski definition) is 1. The molecular formula is C23H27NO3S. The van der Waals surface area contributed by atoms with Crippen molar-refractivity contribution in [3.8, 4) is 0 Å². The van der Waals surface area contributed by atoms with E-state index in [0.29, 0.717) is 18.5 Å². The van der Waals surface area contributed by atoms with Gasteiger partial charge in [0.05, 0.1) is 5.41 Å². The lowest BCUT2D eigenvalue weighted by atomic mass is 9.70. The predicted octanol–water partition coefficient (Wildman–Crippen LogP) is 3.19. The summed E-state index contributed by atoms with van der Waals surface area (Å²) in [5, 5.41) is 9.13. The molecule has 0 aromatic heterocycles. The maximum absolute atomic E-state index is 13.3. The van der Waals surface area contributed by atoms with Gasteiger partial charge in [0.2, 0.25) is 5.91 Å². The molecule has 1 saturated heterocycles.